The van der Waals surface area contributed by atoms with Gasteiger partial charge in [-0.25, -0.2) is 4.98 Å². The van der Waals surface area contributed by atoms with Gasteiger partial charge in [0, 0.05) is 16.8 Å². The fourth-order valence-electron chi connectivity index (χ4n) is 2.57. The van der Waals surface area contributed by atoms with Crippen molar-refractivity contribution in [3.05, 3.63) is 64.3 Å². The van der Waals surface area contributed by atoms with Gasteiger partial charge in [-0.2, -0.15) is 0 Å². The van der Waals surface area contributed by atoms with E-state index in [0.29, 0.717) is 27.9 Å². The number of hydrogen-bond donors (Lipinski definition) is 1. The number of aromatic nitrogens is 1. The van der Waals surface area contributed by atoms with Gasteiger partial charge in [0.25, 0.3) is 0 Å². The molecule has 0 saturated carbocycles. The molecule has 2 aliphatic rings. The van der Waals surface area contributed by atoms with Crippen LogP contribution in [0.15, 0.2) is 57.7 Å². The molecule has 2 aromatic carbocycles. The van der Waals surface area contributed by atoms with Crippen molar-refractivity contribution in [3.8, 4) is 11.5 Å². The smallest absolute Gasteiger partial charge is 0.190 e. The Morgan fingerprint density at radius 2 is 1.86 bits per heavy atom. The van der Waals surface area contributed by atoms with Crippen molar-refractivity contribution in [3.63, 3.8) is 0 Å². The van der Waals surface area contributed by atoms with Crippen molar-refractivity contribution in [1.29, 1.82) is 0 Å². The summed E-state index contributed by atoms with van der Waals surface area (Å²) in [5.41, 5.74) is 2.60. The van der Waals surface area contributed by atoms with Crippen LogP contribution in [0.2, 0.25) is 0 Å². The molecule has 4 rings (SSSR count). The van der Waals surface area contributed by atoms with Gasteiger partial charge in [-0.15, -0.1) is 0 Å². The van der Waals surface area contributed by atoms with E-state index in [9.17, 15) is 9.90 Å². The van der Waals surface area contributed by atoms with Gasteiger partial charge < -0.3 is 9.52 Å². The van der Waals surface area contributed by atoms with Crippen LogP contribution in [0.25, 0.3) is 33.3 Å². The first-order valence-electron chi connectivity index (χ1n) is 6.62. The van der Waals surface area contributed by atoms with Crippen molar-refractivity contribution in [2.24, 2.45) is 0 Å². The molecule has 2 aromatic rings. The normalized spacial score (nSPS) is 11.5. The number of hydrogen-bond acceptors (Lipinski definition) is 4. The van der Waals surface area contributed by atoms with Gasteiger partial charge in [0.1, 0.15) is 11.2 Å². The molecule has 4 nitrogen and oxygen atoms in total. The van der Waals surface area contributed by atoms with Crippen molar-refractivity contribution in [2.75, 3.05) is 0 Å². The zero-order valence-electron chi connectivity index (χ0n) is 11.0. The molecular formula is C17H11NO3. The molecule has 0 saturated heterocycles. The Hall–Kier alpha value is -2.72. The summed E-state index contributed by atoms with van der Waals surface area (Å²) in [6.07, 6.45) is 0. The zero-order chi connectivity index (χ0) is 14.4. The first-order chi connectivity index (χ1) is 10.3. The van der Waals surface area contributed by atoms with Crippen molar-refractivity contribution >= 4 is 21.9 Å². The van der Waals surface area contributed by atoms with E-state index in [-0.39, 0.29) is 12.0 Å². The maximum absolute atomic E-state index is 12.1. The number of rotatable bonds is 1. The number of aliphatic hydroxyl groups is 1. The Morgan fingerprint density at radius 1 is 1.05 bits per heavy atom. The van der Waals surface area contributed by atoms with Gasteiger partial charge >= 0.3 is 0 Å². The average molecular weight is 277 g/mol. The second-order valence-electron chi connectivity index (χ2n) is 4.94. The molecule has 0 unspecified atom stereocenters. The Morgan fingerprint density at radius 3 is 2.67 bits per heavy atom. The third kappa shape index (κ3) is 1.80. The predicted octanol–water partition coefficient (Wildman–Crippen LogP) is 2.94. The van der Waals surface area contributed by atoms with E-state index in [4.69, 9.17) is 4.42 Å². The lowest BCUT2D eigenvalue weighted by atomic mass is 10.0. The van der Waals surface area contributed by atoms with E-state index >= 15 is 0 Å². The van der Waals surface area contributed by atoms with Crippen molar-refractivity contribution in [2.45, 2.75) is 6.61 Å². The molecule has 0 fully saturated rings. The Kier molecular flexibility index (Phi) is 2.52. The molecule has 4 heteroatoms. The summed E-state index contributed by atoms with van der Waals surface area (Å²) in [7, 11) is 0. The predicted molar refractivity (Wildman–Crippen MR) is 80.3 cm³/mol. The molecule has 1 heterocycles. The van der Waals surface area contributed by atoms with Crippen LogP contribution in [-0.2, 0) is 6.61 Å². The molecule has 0 spiro atoms. The third-order valence-electron chi connectivity index (χ3n) is 3.60. The largest absolute Gasteiger partial charge is 0.453 e. The molecule has 1 aliphatic carbocycles. The summed E-state index contributed by atoms with van der Waals surface area (Å²) in [5, 5.41) is 10.6. The van der Waals surface area contributed by atoms with Crippen LogP contribution < -0.4 is 5.43 Å². The lowest BCUT2D eigenvalue weighted by Crippen LogP contribution is -2.03. The minimum absolute atomic E-state index is 0.0615. The van der Waals surface area contributed by atoms with E-state index in [1.54, 1.807) is 18.2 Å². The zero-order valence-corrected chi connectivity index (χ0v) is 11.0. The van der Waals surface area contributed by atoms with Crippen molar-refractivity contribution < 1.29 is 9.52 Å². The van der Waals surface area contributed by atoms with Crippen LogP contribution in [0.5, 0.6) is 0 Å². The van der Waals surface area contributed by atoms with Gasteiger partial charge in [-0.05, 0) is 17.7 Å². The van der Waals surface area contributed by atoms with E-state index in [1.165, 1.54) is 6.07 Å². The Balaban J connectivity index is 2.18. The summed E-state index contributed by atoms with van der Waals surface area (Å²) in [6.45, 7) is -0.0615. The second-order valence-corrected chi connectivity index (χ2v) is 4.94. The van der Waals surface area contributed by atoms with Crippen molar-refractivity contribution in [1.82, 2.24) is 4.98 Å². The maximum Gasteiger partial charge on any atom is 0.190 e. The SMILES string of the molecule is O=c1cc2oc3cc(CO)ccc3nc-2c2ccccc12. The molecule has 0 atom stereocenters. The number of fused-ring (bicyclic) bond motifs is 4. The molecule has 0 radical (unpaired) electrons. The fraction of sp³-hybridized carbons (Fsp3) is 0.0588. The van der Waals surface area contributed by atoms with Gasteiger partial charge in [0.05, 0.1) is 6.61 Å². The standard InChI is InChI=1S/C17H11NO3/c19-9-10-5-6-13-15(7-10)21-16-8-14(20)11-3-1-2-4-12(11)17(16)18-13/h1-8,19H,9H2. The average Bonchev–Trinajstić information content (AvgIpc) is 2.53. The van der Waals surface area contributed by atoms with Gasteiger partial charge in [0.2, 0.25) is 0 Å². The second kappa shape index (κ2) is 4.40. The highest BCUT2D eigenvalue weighted by atomic mass is 16.3. The van der Waals surface area contributed by atoms with Crippen LogP contribution in [-0.4, -0.2) is 10.1 Å². The van der Waals surface area contributed by atoms with Crippen LogP contribution >= 0.6 is 0 Å². The van der Waals surface area contributed by atoms with Gasteiger partial charge in [-0.1, -0.05) is 30.3 Å². The fourth-order valence-corrected chi connectivity index (χ4v) is 2.57. The van der Waals surface area contributed by atoms with Gasteiger partial charge in [0.15, 0.2) is 16.8 Å². The lowest BCUT2D eigenvalue weighted by molar-refractivity contribution is 0.282. The molecule has 0 aromatic heterocycles. The summed E-state index contributed by atoms with van der Waals surface area (Å²) in [5.74, 6) is 0.460. The van der Waals surface area contributed by atoms with E-state index in [2.05, 4.69) is 4.98 Å². The van der Waals surface area contributed by atoms with E-state index < -0.39 is 0 Å². The maximum atomic E-state index is 12.1. The minimum Gasteiger partial charge on any atom is -0.453 e. The summed E-state index contributed by atoms with van der Waals surface area (Å²) < 4.78 is 5.80. The molecule has 1 N–H and O–H groups in total. The molecule has 102 valence electrons. The van der Waals surface area contributed by atoms with Crippen LogP contribution in [0.1, 0.15) is 5.56 Å². The van der Waals surface area contributed by atoms with Crippen LogP contribution in [0.4, 0.5) is 0 Å². The number of nitrogens with zero attached hydrogens (tertiary/aromatic N) is 1. The van der Waals surface area contributed by atoms with Crippen LogP contribution in [0.3, 0.4) is 0 Å². The quantitative estimate of drug-likeness (QED) is 0.429. The first-order valence-corrected chi connectivity index (χ1v) is 6.62. The number of benzene rings is 3. The highest BCUT2D eigenvalue weighted by Crippen LogP contribution is 2.30. The summed E-state index contributed by atoms with van der Waals surface area (Å²) in [6, 6.07) is 14.2. The lowest BCUT2D eigenvalue weighted by Gasteiger charge is -2.09. The number of aliphatic hydroxyl groups excluding tert-OH is 1. The monoisotopic (exact) mass is 277 g/mol. The molecule has 0 amide bonds. The summed E-state index contributed by atoms with van der Waals surface area (Å²) in [4.78, 5) is 16.7. The molecular weight excluding hydrogens is 266 g/mol. The molecule has 0 bridgehead atoms. The summed E-state index contributed by atoms with van der Waals surface area (Å²) >= 11 is 0. The minimum atomic E-state index is -0.0821. The van der Waals surface area contributed by atoms with Gasteiger partial charge in [-0.3, -0.25) is 4.79 Å². The molecule has 1 aliphatic heterocycles. The topological polar surface area (TPSA) is 63.3 Å². The van der Waals surface area contributed by atoms with Crippen LogP contribution in [0, 0.1) is 0 Å². The Bertz CT molecular complexity index is 1000. The Labute approximate surface area is 119 Å². The van der Waals surface area contributed by atoms with E-state index in [1.807, 2.05) is 24.3 Å². The molecule has 21 heavy (non-hydrogen) atoms. The highest BCUT2D eigenvalue weighted by Gasteiger charge is 2.15. The highest BCUT2D eigenvalue weighted by molar-refractivity contribution is 5.96. The first kappa shape index (κ1) is 12.1. The third-order valence-corrected chi connectivity index (χ3v) is 3.60. The van der Waals surface area contributed by atoms with E-state index in [0.717, 1.165) is 10.9 Å².